The standard InChI is InChI=1S/C21H30N2O4/c1-25-18-5-6-19(20(11-18)26-2)21(24)23-13-15-3-4-17(23)14-22(12-15)16-7-9-27-10-8-16/h5-6,11,15-17H,3-4,7-10,12-14H2,1-2H3. The second kappa shape index (κ2) is 8.07. The Balaban J connectivity index is 1.53. The van der Waals surface area contributed by atoms with Crippen LogP contribution in [-0.2, 0) is 4.74 Å². The second-order valence-corrected chi connectivity index (χ2v) is 7.92. The molecule has 0 N–H and O–H groups in total. The maximum Gasteiger partial charge on any atom is 0.257 e. The molecule has 4 aliphatic heterocycles. The monoisotopic (exact) mass is 374 g/mol. The van der Waals surface area contributed by atoms with Crippen molar-refractivity contribution < 1.29 is 19.0 Å². The van der Waals surface area contributed by atoms with Gasteiger partial charge in [-0.1, -0.05) is 0 Å². The Kier molecular flexibility index (Phi) is 5.55. The molecule has 0 saturated carbocycles. The van der Waals surface area contributed by atoms with Crippen LogP contribution in [0.15, 0.2) is 18.2 Å². The van der Waals surface area contributed by atoms with Crippen LogP contribution < -0.4 is 9.47 Å². The zero-order valence-corrected chi connectivity index (χ0v) is 16.4. The Labute approximate surface area is 161 Å². The molecule has 2 bridgehead atoms. The van der Waals surface area contributed by atoms with E-state index in [0.717, 1.165) is 52.1 Å². The van der Waals surface area contributed by atoms with Gasteiger partial charge >= 0.3 is 0 Å². The molecule has 2 atom stereocenters. The van der Waals surface area contributed by atoms with Crippen LogP contribution in [0.25, 0.3) is 0 Å². The first-order chi connectivity index (χ1) is 13.2. The summed E-state index contributed by atoms with van der Waals surface area (Å²) >= 11 is 0. The molecular weight excluding hydrogens is 344 g/mol. The molecule has 6 nitrogen and oxygen atoms in total. The van der Waals surface area contributed by atoms with E-state index in [0.29, 0.717) is 29.0 Å². The highest BCUT2D eigenvalue weighted by molar-refractivity contribution is 5.97. The van der Waals surface area contributed by atoms with Gasteiger partial charge in [0.25, 0.3) is 5.91 Å². The number of hydrogen-bond donors (Lipinski definition) is 0. The zero-order valence-electron chi connectivity index (χ0n) is 16.4. The molecule has 27 heavy (non-hydrogen) atoms. The summed E-state index contributed by atoms with van der Waals surface area (Å²) in [7, 11) is 3.22. The minimum absolute atomic E-state index is 0.0815. The van der Waals surface area contributed by atoms with Gasteiger partial charge in [0.15, 0.2) is 0 Å². The molecule has 1 amide bonds. The van der Waals surface area contributed by atoms with E-state index in [1.807, 2.05) is 12.1 Å². The SMILES string of the molecule is COc1ccc(C(=O)N2CC3CCC2CN(C2CCOCC2)C3)c(OC)c1. The first kappa shape index (κ1) is 18.6. The number of carbonyl (C=O) groups is 1. The quantitative estimate of drug-likeness (QED) is 0.810. The van der Waals surface area contributed by atoms with Crippen molar-refractivity contribution >= 4 is 5.91 Å². The lowest BCUT2D eigenvalue weighted by Crippen LogP contribution is -2.48. The van der Waals surface area contributed by atoms with Crippen molar-refractivity contribution in [2.75, 3.05) is 47.1 Å². The van der Waals surface area contributed by atoms with Crippen molar-refractivity contribution in [2.24, 2.45) is 5.92 Å². The molecule has 6 heteroatoms. The molecule has 1 aromatic rings. The van der Waals surface area contributed by atoms with Crippen molar-refractivity contribution in [3.05, 3.63) is 23.8 Å². The van der Waals surface area contributed by atoms with Crippen LogP contribution in [0.5, 0.6) is 11.5 Å². The summed E-state index contributed by atoms with van der Waals surface area (Å²) in [4.78, 5) is 18.1. The molecule has 148 valence electrons. The van der Waals surface area contributed by atoms with Gasteiger partial charge < -0.3 is 19.1 Å². The van der Waals surface area contributed by atoms with Crippen LogP contribution >= 0.6 is 0 Å². The lowest BCUT2D eigenvalue weighted by molar-refractivity contribution is 0.0304. The predicted octanol–water partition coefficient (Wildman–Crippen LogP) is 2.42. The number of ether oxygens (including phenoxy) is 3. The number of nitrogens with zero attached hydrogens (tertiary/aromatic N) is 2. The highest BCUT2D eigenvalue weighted by Crippen LogP contribution is 2.33. The minimum atomic E-state index is 0.0815. The molecule has 0 radical (unpaired) electrons. The first-order valence-corrected chi connectivity index (χ1v) is 10.0. The van der Waals surface area contributed by atoms with E-state index in [1.165, 1.54) is 6.42 Å². The van der Waals surface area contributed by atoms with Crippen LogP contribution in [0.2, 0.25) is 0 Å². The molecule has 0 aliphatic carbocycles. The lowest BCUT2D eigenvalue weighted by atomic mass is 9.94. The summed E-state index contributed by atoms with van der Waals surface area (Å²) < 4.78 is 16.3. The van der Waals surface area contributed by atoms with Gasteiger partial charge in [-0.2, -0.15) is 0 Å². The molecule has 0 spiro atoms. The fourth-order valence-corrected chi connectivity index (χ4v) is 4.85. The molecule has 4 heterocycles. The van der Waals surface area contributed by atoms with Crippen LogP contribution in [0, 0.1) is 5.92 Å². The number of carbonyl (C=O) groups excluding carboxylic acids is 1. The summed E-state index contributed by atoms with van der Waals surface area (Å²) in [6, 6.07) is 6.34. The van der Waals surface area contributed by atoms with E-state index >= 15 is 0 Å². The van der Waals surface area contributed by atoms with Gasteiger partial charge in [0, 0.05) is 51.0 Å². The highest BCUT2D eigenvalue weighted by Gasteiger charge is 2.40. The fourth-order valence-electron chi connectivity index (χ4n) is 4.85. The van der Waals surface area contributed by atoms with Crippen LogP contribution in [0.3, 0.4) is 0 Å². The molecule has 0 aromatic heterocycles. The van der Waals surface area contributed by atoms with E-state index in [4.69, 9.17) is 14.2 Å². The molecule has 1 aromatic carbocycles. The van der Waals surface area contributed by atoms with Gasteiger partial charge in [-0.15, -0.1) is 0 Å². The third kappa shape index (κ3) is 3.78. The van der Waals surface area contributed by atoms with Crippen molar-refractivity contribution in [1.29, 1.82) is 0 Å². The van der Waals surface area contributed by atoms with E-state index in [1.54, 1.807) is 20.3 Å². The van der Waals surface area contributed by atoms with E-state index < -0.39 is 0 Å². The first-order valence-electron chi connectivity index (χ1n) is 10.0. The lowest BCUT2D eigenvalue weighted by Gasteiger charge is -2.37. The summed E-state index contributed by atoms with van der Waals surface area (Å²) in [6.45, 7) is 4.65. The van der Waals surface area contributed by atoms with Crippen molar-refractivity contribution in [3.8, 4) is 11.5 Å². The zero-order chi connectivity index (χ0) is 18.8. The Hall–Kier alpha value is -1.79. The largest absolute Gasteiger partial charge is 0.497 e. The Morgan fingerprint density at radius 1 is 1.00 bits per heavy atom. The smallest absolute Gasteiger partial charge is 0.257 e. The summed E-state index contributed by atoms with van der Waals surface area (Å²) in [5.41, 5.74) is 0.628. The topological polar surface area (TPSA) is 51.2 Å². The van der Waals surface area contributed by atoms with E-state index in [-0.39, 0.29) is 11.9 Å². The third-order valence-corrected chi connectivity index (χ3v) is 6.35. The van der Waals surface area contributed by atoms with Crippen LogP contribution in [-0.4, -0.2) is 74.9 Å². The molecule has 4 saturated heterocycles. The van der Waals surface area contributed by atoms with Crippen LogP contribution in [0.1, 0.15) is 36.0 Å². The van der Waals surface area contributed by atoms with Gasteiger partial charge in [-0.3, -0.25) is 9.69 Å². The average molecular weight is 374 g/mol. The third-order valence-electron chi connectivity index (χ3n) is 6.35. The number of piperidine rings is 1. The van der Waals surface area contributed by atoms with E-state index in [2.05, 4.69) is 9.80 Å². The summed E-state index contributed by atoms with van der Waals surface area (Å²) in [6.07, 6.45) is 4.53. The number of amides is 1. The Bertz CT molecular complexity index is 674. The Morgan fingerprint density at radius 3 is 2.56 bits per heavy atom. The summed E-state index contributed by atoms with van der Waals surface area (Å²) in [5.74, 6) is 1.92. The maximum atomic E-state index is 13.4. The molecular formula is C21H30N2O4. The van der Waals surface area contributed by atoms with Crippen molar-refractivity contribution in [3.63, 3.8) is 0 Å². The molecule has 4 aliphatic rings. The van der Waals surface area contributed by atoms with Gasteiger partial charge in [-0.05, 0) is 43.7 Å². The number of methoxy groups -OCH3 is 2. The highest BCUT2D eigenvalue weighted by atomic mass is 16.5. The molecule has 2 unspecified atom stereocenters. The normalized spacial score (nSPS) is 26.7. The molecule has 5 rings (SSSR count). The number of hydrogen-bond acceptors (Lipinski definition) is 5. The number of rotatable bonds is 4. The predicted molar refractivity (Wildman–Crippen MR) is 103 cm³/mol. The van der Waals surface area contributed by atoms with Gasteiger partial charge in [-0.25, -0.2) is 0 Å². The number of fused-ring (bicyclic) bond motifs is 4. The van der Waals surface area contributed by atoms with Crippen molar-refractivity contribution in [1.82, 2.24) is 9.80 Å². The van der Waals surface area contributed by atoms with Gasteiger partial charge in [0.2, 0.25) is 0 Å². The second-order valence-electron chi connectivity index (χ2n) is 7.92. The van der Waals surface area contributed by atoms with E-state index in [9.17, 15) is 4.79 Å². The minimum Gasteiger partial charge on any atom is -0.497 e. The number of benzene rings is 1. The van der Waals surface area contributed by atoms with Gasteiger partial charge in [0.05, 0.1) is 19.8 Å². The molecule has 4 fully saturated rings. The average Bonchev–Trinajstić information content (AvgIpc) is 3.05. The summed E-state index contributed by atoms with van der Waals surface area (Å²) in [5, 5.41) is 0. The Morgan fingerprint density at radius 2 is 1.81 bits per heavy atom. The van der Waals surface area contributed by atoms with Crippen molar-refractivity contribution in [2.45, 2.75) is 37.8 Å². The fraction of sp³-hybridized carbons (Fsp3) is 0.667. The maximum absolute atomic E-state index is 13.4. The van der Waals surface area contributed by atoms with Crippen LogP contribution in [0.4, 0.5) is 0 Å². The van der Waals surface area contributed by atoms with Gasteiger partial charge in [0.1, 0.15) is 11.5 Å².